The summed E-state index contributed by atoms with van der Waals surface area (Å²) in [4.78, 5) is 2.10. The van der Waals surface area contributed by atoms with Gasteiger partial charge in [0.2, 0.25) is 0 Å². The fraction of sp³-hybridized carbons (Fsp3) is 0.167. The number of hydrogen-bond donors (Lipinski definition) is 1. The first-order chi connectivity index (χ1) is 8.16. The largest absolute Gasteiger partial charge is 0.380 e. The molecular weight excluding hydrogens is 318 g/mol. The van der Waals surface area contributed by atoms with Crippen molar-refractivity contribution in [2.75, 3.05) is 11.6 Å². The lowest BCUT2D eigenvalue weighted by atomic mass is 10.3. The molecule has 0 spiro atoms. The number of benzene rings is 1. The summed E-state index contributed by atoms with van der Waals surface area (Å²) in [5.74, 6) is 0. The van der Waals surface area contributed by atoms with Crippen LogP contribution in [0.15, 0.2) is 45.1 Å². The lowest BCUT2D eigenvalue weighted by Crippen LogP contribution is -1.98. The molecule has 0 amide bonds. The molecule has 90 valence electrons. The maximum Gasteiger partial charge on any atom is 0.0505 e. The third-order valence-electron chi connectivity index (χ3n) is 2.31. The van der Waals surface area contributed by atoms with E-state index in [9.17, 15) is 4.21 Å². The molecule has 17 heavy (non-hydrogen) atoms. The lowest BCUT2D eigenvalue weighted by molar-refractivity contribution is 0.687. The minimum Gasteiger partial charge on any atom is -0.380 e. The third kappa shape index (κ3) is 3.40. The molecule has 0 aliphatic heterocycles. The Balaban J connectivity index is 2.07. The predicted molar refractivity (Wildman–Crippen MR) is 78.1 cm³/mol. The molecule has 5 heteroatoms. The van der Waals surface area contributed by atoms with E-state index in [1.165, 1.54) is 4.88 Å². The van der Waals surface area contributed by atoms with Crippen LogP contribution in [0.1, 0.15) is 4.88 Å². The smallest absolute Gasteiger partial charge is 0.0505 e. The summed E-state index contributed by atoms with van der Waals surface area (Å²) in [6.45, 7) is 0.776. The van der Waals surface area contributed by atoms with E-state index in [0.29, 0.717) is 0 Å². The van der Waals surface area contributed by atoms with Crippen molar-refractivity contribution in [1.29, 1.82) is 0 Å². The van der Waals surface area contributed by atoms with Crippen LogP contribution in [0.5, 0.6) is 0 Å². The van der Waals surface area contributed by atoms with E-state index in [2.05, 4.69) is 26.6 Å². The number of anilines is 1. The molecule has 1 heterocycles. The first kappa shape index (κ1) is 12.8. The van der Waals surface area contributed by atoms with Crippen LogP contribution in [0.4, 0.5) is 5.69 Å². The van der Waals surface area contributed by atoms with E-state index in [0.717, 1.165) is 21.6 Å². The Hall–Kier alpha value is -0.650. The van der Waals surface area contributed by atoms with Crippen molar-refractivity contribution in [2.45, 2.75) is 11.4 Å². The van der Waals surface area contributed by atoms with Crippen molar-refractivity contribution in [1.82, 2.24) is 0 Å². The molecule has 1 N–H and O–H groups in total. The number of halogens is 1. The molecule has 2 nitrogen and oxygen atoms in total. The van der Waals surface area contributed by atoms with Crippen LogP contribution < -0.4 is 5.32 Å². The van der Waals surface area contributed by atoms with Gasteiger partial charge in [0, 0.05) is 37.0 Å². The second-order valence-electron chi connectivity index (χ2n) is 3.53. The molecule has 1 unspecified atom stereocenters. The van der Waals surface area contributed by atoms with Crippen molar-refractivity contribution < 1.29 is 4.21 Å². The summed E-state index contributed by atoms with van der Waals surface area (Å²) in [5, 5.41) is 5.38. The van der Waals surface area contributed by atoms with Crippen molar-refractivity contribution in [3.63, 3.8) is 0 Å². The molecule has 2 rings (SSSR count). The van der Waals surface area contributed by atoms with Gasteiger partial charge in [0.25, 0.3) is 0 Å². The highest BCUT2D eigenvalue weighted by Crippen LogP contribution is 2.24. The molecule has 0 bridgehead atoms. The van der Waals surface area contributed by atoms with Crippen molar-refractivity contribution in [3.8, 4) is 0 Å². The van der Waals surface area contributed by atoms with Gasteiger partial charge in [0.15, 0.2) is 0 Å². The average molecular weight is 330 g/mol. The molecule has 0 fully saturated rings. The number of rotatable bonds is 4. The Bertz CT molecular complexity index is 539. The van der Waals surface area contributed by atoms with Gasteiger partial charge in [0.1, 0.15) is 0 Å². The Morgan fingerprint density at radius 2 is 2.24 bits per heavy atom. The van der Waals surface area contributed by atoms with Gasteiger partial charge >= 0.3 is 0 Å². The van der Waals surface area contributed by atoms with Gasteiger partial charge in [-0.1, -0.05) is 6.07 Å². The molecule has 2 aromatic rings. The van der Waals surface area contributed by atoms with Gasteiger partial charge < -0.3 is 5.32 Å². The first-order valence-electron chi connectivity index (χ1n) is 5.06. The summed E-state index contributed by atoms with van der Waals surface area (Å²) in [6.07, 6.45) is 1.69. The van der Waals surface area contributed by atoms with Crippen LogP contribution in [-0.4, -0.2) is 10.5 Å². The molecule has 0 saturated carbocycles. The fourth-order valence-electron chi connectivity index (χ4n) is 1.42. The highest BCUT2D eigenvalue weighted by atomic mass is 79.9. The Morgan fingerprint density at radius 1 is 1.41 bits per heavy atom. The maximum atomic E-state index is 11.4. The highest BCUT2D eigenvalue weighted by molar-refractivity contribution is 9.10. The average Bonchev–Trinajstić information content (AvgIpc) is 2.72. The van der Waals surface area contributed by atoms with Gasteiger partial charge in [-0.15, -0.1) is 11.3 Å². The van der Waals surface area contributed by atoms with Gasteiger partial charge in [-0.05, 0) is 45.6 Å². The van der Waals surface area contributed by atoms with E-state index in [1.54, 1.807) is 17.6 Å². The van der Waals surface area contributed by atoms with Gasteiger partial charge in [-0.25, -0.2) is 0 Å². The first-order valence-corrected chi connectivity index (χ1v) is 8.29. The monoisotopic (exact) mass is 329 g/mol. The minimum atomic E-state index is -0.931. The standard InChI is InChI=1S/C12H12BrNOS2/c1-17(15)10-4-2-3-9(7-10)14-8-12-11(13)5-6-16-12/h2-7,14H,8H2,1H3. The van der Waals surface area contributed by atoms with Gasteiger partial charge in [-0.3, -0.25) is 4.21 Å². The fourth-order valence-corrected chi connectivity index (χ4v) is 3.41. The molecular formula is C12H12BrNOS2. The topological polar surface area (TPSA) is 29.1 Å². The SMILES string of the molecule is CS(=O)c1cccc(NCc2sccc2Br)c1. The van der Waals surface area contributed by atoms with E-state index >= 15 is 0 Å². The van der Waals surface area contributed by atoms with Crippen LogP contribution in [0.2, 0.25) is 0 Å². The maximum absolute atomic E-state index is 11.4. The van der Waals surface area contributed by atoms with Crippen LogP contribution in [0, 0.1) is 0 Å². The molecule has 0 aliphatic carbocycles. The summed E-state index contributed by atoms with van der Waals surface area (Å²) < 4.78 is 12.5. The Morgan fingerprint density at radius 3 is 2.88 bits per heavy atom. The van der Waals surface area contributed by atoms with Crippen LogP contribution >= 0.6 is 27.3 Å². The van der Waals surface area contributed by atoms with E-state index in [4.69, 9.17) is 0 Å². The molecule has 1 aromatic carbocycles. The summed E-state index contributed by atoms with van der Waals surface area (Å²) in [7, 11) is -0.931. The molecule has 0 aliphatic rings. The van der Waals surface area contributed by atoms with E-state index in [1.807, 2.05) is 30.3 Å². The van der Waals surface area contributed by atoms with Crippen molar-refractivity contribution in [3.05, 3.63) is 45.1 Å². The molecule has 1 atom stereocenters. The Kier molecular flexibility index (Phi) is 4.36. The van der Waals surface area contributed by atoms with Crippen molar-refractivity contribution in [2.24, 2.45) is 0 Å². The van der Waals surface area contributed by atoms with Crippen LogP contribution in [0.3, 0.4) is 0 Å². The number of thiophene rings is 1. The van der Waals surface area contributed by atoms with Crippen molar-refractivity contribution >= 4 is 43.8 Å². The molecule has 0 saturated heterocycles. The number of hydrogen-bond acceptors (Lipinski definition) is 3. The molecule has 1 aromatic heterocycles. The van der Waals surface area contributed by atoms with Crippen LogP contribution in [-0.2, 0) is 17.3 Å². The minimum absolute atomic E-state index is 0.776. The second-order valence-corrected chi connectivity index (χ2v) is 6.76. The Labute approximate surface area is 116 Å². The zero-order chi connectivity index (χ0) is 12.3. The highest BCUT2D eigenvalue weighted by Gasteiger charge is 2.02. The van der Waals surface area contributed by atoms with Crippen LogP contribution in [0.25, 0.3) is 0 Å². The summed E-state index contributed by atoms with van der Waals surface area (Å²) in [5.41, 5.74) is 0.998. The van der Waals surface area contributed by atoms with E-state index in [-0.39, 0.29) is 0 Å². The lowest BCUT2D eigenvalue weighted by Gasteiger charge is -2.06. The third-order valence-corrected chi connectivity index (χ3v) is 5.15. The predicted octanol–water partition coefficient (Wildman–Crippen LogP) is 3.86. The summed E-state index contributed by atoms with van der Waals surface area (Å²) >= 11 is 5.21. The van der Waals surface area contributed by atoms with Gasteiger partial charge in [0.05, 0.1) is 6.54 Å². The van der Waals surface area contributed by atoms with E-state index < -0.39 is 10.8 Å². The second kappa shape index (κ2) is 5.80. The zero-order valence-electron chi connectivity index (χ0n) is 9.27. The quantitative estimate of drug-likeness (QED) is 0.922. The normalized spacial score (nSPS) is 12.4. The zero-order valence-corrected chi connectivity index (χ0v) is 12.5. The summed E-state index contributed by atoms with van der Waals surface area (Å²) in [6, 6.07) is 9.75. The molecule has 0 radical (unpaired) electrons. The van der Waals surface area contributed by atoms with Gasteiger partial charge in [-0.2, -0.15) is 0 Å². The number of nitrogens with one attached hydrogen (secondary N) is 1.